The topological polar surface area (TPSA) is 418 Å². The highest BCUT2D eigenvalue weighted by molar-refractivity contribution is 8.00. The number of anilines is 2. The number of aliphatic hydroxyl groups is 2. The lowest BCUT2D eigenvalue weighted by atomic mass is 10.0. The van der Waals surface area contributed by atoms with E-state index in [1.54, 1.807) is 0 Å². The molecule has 72 heavy (non-hydrogen) atoms. The fraction of sp³-hybridized carbons (Fsp3) is 0.632. The highest BCUT2D eigenvalue weighted by Gasteiger charge is 2.49. The third kappa shape index (κ3) is 17.2. The third-order valence-electron chi connectivity index (χ3n) is 10.8. The monoisotopic (exact) mass is 1100 g/mol. The smallest absolute Gasteiger partial charge is 0.488 e. The number of nitrogens with two attached hydrogens (primary N) is 1. The molecule has 0 aliphatic carbocycles. The first kappa shape index (κ1) is 57.2. The summed E-state index contributed by atoms with van der Waals surface area (Å²) in [5.74, 6) is -0.291. The number of ether oxygens (including phenoxy) is 5. The van der Waals surface area contributed by atoms with Gasteiger partial charge in [0.15, 0.2) is 6.33 Å². The van der Waals surface area contributed by atoms with Crippen molar-refractivity contribution in [3.8, 4) is 5.75 Å². The molecule has 3 saturated heterocycles. The Hall–Kier alpha value is -4.10. The lowest BCUT2D eigenvalue weighted by molar-refractivity contribution is -0.745. The molecule has 10 atom stereocenters. The maximum absolute atomic E-state index is 12.5. The van der Waals surface area contributed by atoms with Crippen LogP contribution in [0.25, 0.3) is 11.2 Å². The van der Waals surface area contributed by atoms with Gasteiger partial charge in [-0.25, -0.2) is 22.8 Å². The second-order valence-electron chi connectivity index (χ2n) is 16.2. The van der Waals surface area contributed by atoms with E-state index in [0.717, 1.165) is 41.7 Å². The van der Waals surface area contributed by atoms with Crippen molar-refractivity contribution in [3.63, 3.8) is 0 Å². The molecule has 30 nitrogen and oxygen atoms in total. The van der Waals surface area contributed by atoms with Crippen LogP contribution in [0.5, 0.6) is 5.75 Å². The maximum Gasteiger partial charge on any atom is 0.488 e. The van der Waals surface area contributed by atoms with Crippen molar-refractivity contribution in [1.82, 2.24) is 30.5 Å². The number of thioether (sulfide) groups is 1. The van der Waals surface area contributed by atoms with Gasteiger partial charge < -0.3 is 80.1 Å². The second kappa shape index (κ2) is 26.4. The van der Waals surface area contributed by atoms with Gasteiger partial charge in [0, 0.05) is 29.7 Å². The van der Waals surface area contributed by atoms with Gasteiger partial charge in [-0.2, -0.15) is 16.1 Å². The quantitative estimate of drug-likeness (QED) is 0.0156. The number of aryl methyl sites for hydroxylation is 1. The molecule has 34 heteroatoms. The number of nitrogen functional groups attached to an aromatic ring is 1. The van der Waals surface area contributed by atoms with Crippen LogP contribution >= 0.6 is 35.2 Å². The zero-order valence-electron chi connectivity index (χ0n) is 38.6. The lowest BCUT2D eigenvalue weighted by Crippen LogP contribution is -2.46. The van der Waals surface area contributed by atoms with Crippen LogP contribution in [0.1, 0.15) is 38.3 Å². The van der Waals surface area contributed by atoms with Crippen LogP contribution in [0.2, 0.25) is 0 Å². The van der Waals surface area contributed by atoms with Gasteiger partial charge in [0.05, 0.1) is 85.0 Å². The molecule has 0 spiro atoms. The molecule has 1 aromatic carbocycles. The zero-order chi connectivity index (χ0) is 52.1. The second-order valence-corrected chi connectivity index (χ2v) is 22.0. The first-order valence-electron chi connectivity index (χ1n) is 22.4. The van der Waals surface area contributed by atoms with Crippen molar-refractivity contribution in [1.29, 1.82) is 0 Å². The van der Waals surface area contributed by atoms with E-state index in [1.807, 2.05) is 11.8 Å². The highest BCUT2D eigenvalue weighted by atomic mass is 32.2. The van der Waals surface area contributed by atoms with Crippen LogP contribution in [0.3, 0.4) is 0 Å². The van der Waals surface area contributed by atoms with E-state index >= 15 is 0 Å². The number of fused-ring (bicyclic) bond motifs is 2. The number of hydrogen-bond acceptors (Lipinski definition) is 22. The van der Waals surface area contributed by atoms with Gasteiger partial charge in [0.2, 0.25) is 23.6 Å². The molecule has 3 aliphatic rings. The fourth-order valence-corrected chi connectivity index (χ4v) is 12.6. The Morgan fingerprint density at radius 1 is 0.917 bits per heavy atom. The number of nitrogens with one attached hydrogen (secondary N) is 5. The summed E-state index contributed by atoms with van der Waals surface area (Å²) in [6, 6.07) is 4.86. The van der Waals surface area contributed by atoms with E-state index in [2.05, 4.69) is 48.9 Å². The van der Waals surface area contributed by atoms with Crippen molar-refractivity contribution in [2.24, 2.45) is 7.05 Å². The van der Waals surface area contributed by atoms with E-state index < -0.39 is 71.8 Å². The van der Waals surface area contributed by atoms with Gasteiger partial charge in [-0.1, -0.05) is 11.4 Å². The predicted molar refractivity (Wildman–Crippen MR) is 248 cm³/mol. The molecule has 0 saturated carbocycles. The summed E-state index contributed by atoms with van der Waals surface area (Å²) in [7, 11) is -16.0. The average molecular weight is 1100 g/mol. The number of aromatic nitrogens is 4. The number of unbranched alkanes of at least 4 members (excludes halogenated alkanes) is 1. The first-order chi connectivity index (χ1) is 34.2. The van der Waals surface area contributed by atoms with Crippen LogP contribution in [-0.4, -0.2) is 160 Å². The number of amides is 4. The number of phosphoric acid groups is 3. The zero-order valence-corrected chi connectivity index (χ0v) is 42.1. The van der Waals surface area contributed by atoms with Crippen LogP contribution in [-0.2, 0) is 67.2 Å². The largest absolute Gasteiger partial charge is 0.746 e. The molecule has 11 N–H and O–H groups in total. The number of imidazole rings is 1. The minimum Gasteiger partial charge on any atom is -0.746 e. The Kier molecular flexibility index (Phi) is 21.0. The molecule has 6 rings (SSSR count). The van der Waals surface area contributed by atoms with Gasteiger partial charge in [0.25, 0.3) is 11.5 Å². The van der Waals surface area contributed by atoms with E-state index in [0.29, 0.717) is 51.2 Å². The molecule has 4 amide bonds. The van der Waals surface area contributed by atoms with Crippen LogP contribution in [0.15, 0.2) is 35.4 Å². The minimum atomic E-state index is -5.98. The Bertz CT molecular complexity index is 2530. The SMILES string of the molecule is Cn1c[n+]([C@@H]2O[C@H](COP(=O)(O)OP(=O)(O)OP(=O)([O-])Oc3ccc(NC(=O)CCOCCOCCOCCOCCNC(=O)CCCC[C@@H]4SC[C@@H]5NC(=O)N[C@@H]54)cc3)[C@@H](O)[C@H]2O)c2nc(N)[nH]c(=O)c21. The molecule has 3 fully saturated rings. The first-order valence-corrected chi connectivity index (χ1v) is 27.9. The van der Waals surface area contributed by atoms with Crippen LogP contribution < -0.4 is 46.5 Å². The summed E-state index contributed by atoms with van der Waals surface area (Å²) in [5.41, 5.74) is 5.18. The average Bonchev–Trinajstić information content (AvgIpc) is 4.03. The number of hydrogen-bond donors (Lipinski definition) is 10. The highest BCUT2D eigenvalue weighted by Crippen LogP contribution is 2.66. The van der Waals surface area contributed by atoms with Crippen molar-refractivity contribution in [3.05, 3.63) is 40.9 Å². The van der Waals surface area contributed by atoms with Crippen molar-refractivity contribution < 1.29 is 98.9 Å². The van der Waals surface area contributed by atoms with E-state index in [9.17, 15) is 57.8 Å². The standard InChI is InChI=1S/C38H58N9O21P3S/c1-46-22-47(34-31(46)35(52)45-37(39)44-34)36-33(51)32(50)26(65-36)20-64-69(54,55)67-71(58,59)68-70(56,57)66-24-8-6-23(7-9-24)41-29(49)10-12-60-14-16-62-18-19-63-17-15-61-13-11-40-28(48)5-3-2-4-27-30-25(21-72-27)42-38(53)43-30/h6-9,22,25-27,30,32-33,36,50-51H,2-5,10-21H2,1H3,(H9-,39,40,41,42,43,44,45,48,49,52,53,54,55,56,57,58,59)/t25-,26+,27-,30-,32+,33+,36+/m0/s1. The number of H-pyrrole nitrogens is 1. The number of carbonyl (C=O) groups is 3. The molecule has 0 radical (unpaired) electrons. The Balaban J connectivity index is 0.758. The summed E-state index contributed by atoms with van der Waals surface area (Å²) in [4.78, 5) is 87.1. The predicted octanol–water partition coefficient (Wildman–Crippen LogP) is -1.21. The summed E-state index contributed by atoms with van der Waals surface area (Å²) >= 11 is 1.86. The number of phosphoric ester groups is 2. The normalized spacial score (nSPS) is 24.2. The van der Waals surface area contributed by atoms with Gasteiger partial charge in [-0.15, -0.1) is 0 Å². The molecule has 3 aromatic rings. The number of aromatic amines is 1. The lowest BCUT2D eigenvalue weighted by Gasteiger charge is -2.25. The molecule has 2 aromatic heterocycles. The number of rotatable bonds is 31. The summed E-state index contributed by atoms with van der Waals surface area (Å²) in [6.45, 7) is 1.53. The molecule has 402 valence electrons. The molecule has 3 aliphatic heterocycles. The molecule has 3 unspecified atom stereocenters. The Labute approximate surface area is 414 Å². The molecule has 5 heterocycles. The summed E-state index contributed by atoms with van der Waals surface area (Å²) < 4.78 is 84.6. The Morgan fingerprint density at radius 3 is 2.28 bits per heavy atom. The van der Waals surface area contributed by atoms with Gasteiger partial charge in [-0.05, 0) is 37.1 Å². The molecular formula is C38H58N9O21P3S. The minimum absolute atomic E-state index is 0.0209. The number of urea groups is 1. The number of carbonyl (C=O) groups excluding carboxylic acids is 3. The summed E-state index contributed by atoms with van der Waals surface area (Å²) in [6.07, 6.45) is -2.20. The van der Waals surface area contributed by atoms with Crippen molar-refractivity contribution in [2.75, 3.05) is 82.8 Å². The molecule has 0 bridgehead atoms. The fourth-order valence-electron chi connectivity index (χ4n) is 7.53. The van der Waals surface area contributed by atoms with Crippen molar-refractivity contribution in [2.45, 2.75) is 74.0 Å². The maximum atomic E-state index is 12.5. The summed E-state index contributed by atoms with van der Waals surface area (Å²) in [5, 5.41) is 32.9. The number of aliphatic hydroxyl groups excluding tert-OH is 2. The van der Waals surface area contributed by atoms with Gasteiger partial charge >= 0.3 is 35.1 Å². The molecular weight excluding hydrogens is 1040 g/mol. The van der Waals surface area contributed by atoms with Gasteiger partial charge in [-0.3, -0.25) is 33.0 Å². The number of benzene rings is 1. The van der Waals surface area contributed by atoms with Crippen LogP contribution in [0, 0.1) is 0 Å². The van der Waals surface area contributed by atoms with Crippen molar-refractivity contribution >= 4 is 75.9 Å². The number of nitrogens with zero attached hydrogens (tertiary/aromatic N) is 3. The van der Waals surface area contributed by atoms with Crippen LogP contribution in [0.4, 0.5) is 16.4 Å². The third-order valence-corrected chi connectivity index (χ3v) is 16.5. The van der Waals surface area contributed by atoms with Gasteiger partial charge in [0.1, 0.15) is 24.1 Å². The Morgan fingerprint density at radius 2 is 1.58 bits per heavy atom. The van der Waals surface area contributed by atoms with E-state index in [4.69, 9.17) is 29.4 Å². The van der Waals surface area contributed by atoms with E-state index in [-0.39, 0.29) is 73.1 Å². The van der Waals surface area contributed by atoms with E-state index in [1.165, 1.54) is 30.1 Å².